The van der Waals surface area contributed by atoms with E-state index in [0.29, 0.717) is 6.54 Å². The van der Waals surface area contributed by atoms with Crippen LogP contribution in [0.2, 0.25) is 0 Å². The Labute approximate surface area is 187 Å². The zero-order chi connectivity index (χ0) is 23.4. The van der Waals surface area contributed by atoms with Gasteiger partial charge in [-0.2, -0.15) is 0 Å². The molecule has 0 aliphatic rings. The predicted octanol–water partition coefficient (Wildman–Crippen LogP) is 5.09. The Morgan fingerprint density at radius 3 is 1.39 bits per heavy atom. The Morgan fingerprint density at radius 2 is 0.968 bits per heavy atom. The van der Waals surface area contributed by atoms with E-state index in [9.17, 15) is 14.4 Å². The molecule has 0 aromatic rings. The molecule has 0 aromatic carbocycles. The molecule has 0 saturated heterocycles. The average Bonchev–Trinajstić information content (AvgIpc) is 2.72. The van der Waals surface area contributed by atoms with Gasteiger partial charge in [0, 0.05) is 0 Å². The number of aliphatic carboxylic acids is 3. The average molecular weight is 443 g/mol. The first-order valence-electron chi connectivity index (χ1n) is 12.0. The highest BCUT2D eigenvalue weighted by Gasteiger charge is 2.29. The summed E-state index contributed by atoms with van der Waals surface area (Å²) in [5.41, 5.74) is 0. The van der Waals surface area contributed by atoms with Gasteiger partial charge in [0.2, 0.25) is 0 Å². The number of nitrogens with zero attached hydrogens (tertiary/aromatic N) is 1. The van der Waals surface area contributed by atoms with E-state index in [1.807, 2.05) is 0 Å². The van der Waals surface area contributed by atoms with Gasteiger partial charge >= 0.3 is 17.9 Å². The lowest BCUT2D eigenvalue weighted by atomic mass is 10.1. The molecule has 31 heavy (non-hydrogen) atoms. The van der Waals surface area contributed by atoms with Crippen molar-refractivity contribution >= 4 is 17.9 Å². The summed E-state index contributed by atoms with van der Waals surface area (Å²) in [4.78, 5) is 33.2. The first-order chi connectivity index (χ1) is 14.8. The predicted molar refractivity (Wildman–Crippen MR) is 122 cm³/mol. The van der Waals surface area contributed by atoms with Crippen LogP contribution in [0.1, 0.15) is 96.8 Å². The van der Waals surface area contributed by atoms with Crippen LogP contribution in [0, 0.1) is 0 Å². The highest BCUT2D eigenvalue weighted by Crippen LogP contribution is 2.16. The molecule has 0 rings (SSSR count). The molecule has 3 N–H and O–H groups in total. The fraction of sp³-hybridized carbons (Fsp3) is 0.792. The third kappa shape index (κ3) is 18.6. The van der Waals surface area contributed by atoms with E-state index in [2.05, 4.69) is 19.1 Å². The number of unbranched alkanes of at least 4 members (excludes halogenated alkanes) is 9. The molecular weight excluding hydrogens is 398 g/mol. The summed E-state index contributed by atoms with van der Waals surface area (Å²) in [5, 5.41) is 27.2. The molecule has 0 aliphatic heterocycles. The molecule has 0 saturated carbocycles. The van der Waals surface area contributed by atoms with Gasteiger partial charge < -0.3 is 19.8 Å². The number of hydrogen-bond acceptors (Lipinski definition) is 3. The van der Waals surface area contributed by atoms with Gasteiger partial charge in [0.25, 0.3) is 0 Å². The van der Waals surface area contributed by atoms with Crippen LogP contribution in [0.15, 0.2) is 12.2 Å². The minimum Gasteiger partial charge on any atom is -0.481 e. The standard InChI is InChI=1S/C24H43NO6/c1-2-3-4-5-6-7-8-9-10-11-12-13-14-18-25(19-15-22(26)27,20-16-23(28)29)21-17-24(30)31/h6-7H,2-5,8-21H2,1H3,(H2-,26,27,28,29,30,31)/p+1/b7-6+. The van der Waals surface area contributed by atoms with Crippen LogP contribution in [0.5, 0.6) is 0 Å². The van der Waals surface area contributed by atoms with Crippen molar-refractivity contribution < 1.29 is 34.2 Å². The molecule has 0 atom stereocenters. The number of hydrogen-bond donors (Lipinski definition) is 3. The van der Waals surface area contributed by atoms with E-state index >= 15 is 0 Å². The molecule has 0 unspecified atom stereocenters. The second-order valence-electron chi connectivity index (χ2n) is 8.54. The van der Waals surface area contributed by atoms with E-state index in [0.717, 1.165) is 32.1 Å². The number of rotatable bonds is 22. The molecule has 0 aliphatic carbocycles. The van der Waals surface area contributed by atoms with Crippen LogP contribution in [-0.2, 0) is 14.4 Å². The Morgan fingerprint density at radius 1 is 0.581 bits per heavy atom. The number of carboxylic acid groups (broad SMARTS) is 3. The lowest BCUT2D eigenvalue weighted by Gasteiger charge is -2.38. The van der Waals surface area contributed by atoms with Crippen LogP contribution < -0.4 is 0 Å². The van der Waals surface area contributed by atoms with Crippen molar-refractivity contribution in [2.75, 3.05) is 26.2 Å². The SMILES string of the molecule is CCCCC/C=C/CCCCCCCC[N+](CCC(=O)O)(CCC(=O)O)CCC(=O)O. The fourth-order valence-electron chi connectivity index (χ4n) is 3.83. The second-order valence-corrected chi connectivity index (χ2v) is 8.54. The normalized spacial score (nSPS) is 11.8. The number of allylic oxidation sites excluding steroid dienone is 2. The van der Waals surface area contributed by atoms with E-state index in [1.54, 1.807) is 0 Å². The number of carbonyl (C=O) groups is 3. The zero-order valence-corrected chi connectivity index (χ0v) is 19.4. The summed E-state index contributed by atoms with van der Waals surface area (Å²) < 4.78 is 0.258. The Balaban J connectivity index is 4.30. The summed E-state index contributed by atoms with van der Waals surface area (Å²) in [7, 11) is 0. The fourth-order valence-corrected chi connectivity index (χ4v) is 3.83. The number of carboxylic acids is 3. The van der Waals surface area contributed by atoms with Gasteiger partial charge in [-0.3, -0.25) is 14.4 Å². The maximum Gasteiger partial charge on any atom is 0.309 e. The van der Waals surface area contributed by atoms with E-state index in [1.165, 1.54) is 38.5 Å². The Kier molecular flexibility index (Phi) is 17.7. The van der Waals surface area contributed by atoms with Crippen molar-refractivity contribution in [3.63, 3.8) is 0 Å². The molecular formula is C24H44NO6+. The summed E-state index contributed by atoms with van der Waals surface area (Å²) in [6.07, 6.45) is 17.0. The van der Waals surface area contributed by atoms with Crippen molar-refractivity contribution in [2.24, 2.45) is 0 Å². The Hall–Kier alpha value is -1.89. The van der Waals surface area contributed by atoms with E-state index < -0.39 is 17.9 Å². The smallest absolute Gasteiger partial charge is 0.309 e. The highest BCUT2D eigenvalue weighted by molar-refractivity contribution is 5.67. The van der Waals surface area contributed by atoms with Crippen molar-refractivity contribution in [1.29, 1.82) is 0 Å². The maximum atomic E-state index is 11.1. The van der Waals surface area contributed by atoms with Gasteiger partial charge in [-0.25, -0.2) is 0 Å². The van der Waals surface area contributed by atoms with Crippen molar-refractivity contribution in [3.8, 4) is 0 Å². The lowest BCUT2D eigenvalue weighted by Crippen LogP contribution is -2.52. The third-order valence-corrected chi connectivity index (χ3v) is 5.79. The van der Waals surface area contributed by atoms with Crippen LogP contribution in [-0.4, -0.2) is 63.9 Å². The molecule has 0 heterocycles. The summed E-state index contributed by atoms with van der Waals surface area (Å²) >= 11 is 0. The Bertz CT molecular complexity index is 487. The minimum atomic E-state index is -0.937. The van der Waals surface area contributed by atoms with E-state index in [4.69, 9.17) is 15.3 Å². The molecule has 180 valence electrons. The van der Waals surface area contributed by atoms with Crippen LogP contribution in [0.4, 0.5) is 0 Å². The van der Waals surface area contributed by atoms with Crippen LogP contribution in [0.25, 0.3) is 0 Å². The van der Waals surface area contributed by atoms with Gasteiger partial charge in [-0.05, 0) is 38.5 Å². The van der Waals surface area contributed by atoms with Crippen molar-refractivity contribution in [1.82, 2.24) is 0 Å². The monoisotopic (exact) mass is 442 g/mol. The lowest BCUT2D eigenvalue weighted by molar-refractivity contribution is -0.927. The molecule has 7 heteroatoms. The molecule has 0 amide bonds. The molecule has 0 radical (unpaired) electrons. The van der Waals surface area contributed by atoms with Gasteiger partial charge in [-0.15, -0.1) is 0 Å². The third-order valence-electron chi connectivity index (χ3n) is 5.79. The van der Waals surface area contributed by atoms with Gasteiger partial charge in [0.1, 0.15) is 0 Å². The van der Waals surface area contributed by atoms with Crippen LogP contribution in [0.3, 0.4) is 0 Å². The highest BCUT2D eigenvalue weighted by atomic mass is 16.4. The first kappa shape index (κ1) is 29.1. The summed E-state index contributed by atoms with van der Waals surface area (Å²) in [6, 6.07) is 0. The zero-order valence-electron chi connectivity index (χ0n) is 19.4. The quantitative estimate of drug-likeness (QED) is 0.122. The molecule has 0 fully saturated rings. The van der Waals surface area contributed by atoms with E-state index in [-0.39, 0.29) is 43.4 Å². The minimum absolute atomic E-state index is 0.0782. The molecule has 0 aromatic heterocycles. The first-order valence-corrected chi connectivity index (χ1v) is 12.0. The summed E-state index contributed by atoms with van der Waals surface area (Å²) in [5.74, 6) is -2.81. The van der Waals surface area contributed by atoms with Gasteiger partial charge in [0.15, 0.2) is 0 Å². The van der Waals surface area contributed by atoms with Gasteiger partial charge in [0.05, 0.1) is 45.4 Å². The topological polar surface area (TPSA) is 112 Å². The van der Waals surface area contributed by atoms with Crippen LogP contribution >= 0.6 is 0 Å². The maximum absolute atomic E-state index is 11.1. The second kappa shape index (κ2) is 18.8. The molecule has 7 nitrogen and oxygen atoms in total. The van der Waals surface area contributed by atoms with Crippen molar-refractivity contribution in [2.45, 2.75) is 96.8 Å². The molecule has 0 spiro atoms. The summed E-state index contributed by atoms with van der Waals surface area (Å²) in [6.45, 7) is 3.68. The van der Waals surface area contributed by atoms with Gasteiger partial charge in [-0.1, -0.05) is 51.2 Å². The van der Waals surface area contributed by atoms with Crippen molar-refractivity contribution in [3.05, 3.63) is 12.2 Å². The number of quaternary nitrogens is 1. The molecule has 0 bridgehead atoms. The largest absolute Gasteiger partial charge is 0.481 e.